The Labute approximate surface area is 165 Å². The molecule has 10 heteroatoms. The third-order valence-corrected chi connectivity index (χ3v) is 3.72. The van der Waals surface area contributed by atoms with E-state index in [4.69, 9.17) is 0 Å². The number of amides is 2. The second-order valence-corrected chi connectivity index (χ2v) is 6.28. The molecular weight excluding hydrogens is 389 g/mol. The van der Waals surface area contributed by atoms with Gasteiger partial charge in [-0.1, -0.05) is 13.0 Å². The third kappa shape index (κ3) is 7.05. The molecule has 2 heterocycles. The topological polar surface area (TPSA) is 93.2 Å². The summed E-state index contributed by atoms with van der Waals surface area (Å²) in [6, 6.07) is 6.76. The van der Waals surface area contributed by atoms with E-state index in [-0.39, 0.29) is 29.6 Å². The number of ether oxygens (including phenoxy) is 1. The van der Waals surface area contributed by atoms with E-state index >= 15 is 0 Å². The molecular formula is C19H21F3N4O3. The van der Waals surface area contributed by atoms with Crippen LogP contribution < -0.4 is 15.4 Å². The third-order valence-electron chi connectivity index (χ3n) is 3.72. The fourth-order valence-electron chi connectivity index (χ4n) is 2.36. The number of hydrogen-bond donors (Lipinski definition) is 2. The molecule has 0 aliphatic heterocycles. The largest absolute Gasteiger partial charge is 0.468 e. The molecule has 2 rings (SSSR count). The van der Waals surface area contributed by atoms with Gasteiger partial charge in [-0.05, 0) is 32.0 Å². The highest BCUT2D eigenvalue weighted by molar-refractivity contribution is 5.96. The number of alkyl halides is 3. The van der Waals surface area contributed by atoms with Crippen LogP contribution in [0.4, 0.5) is 19.0 Å². The number of hydrogen-bond acceptors (Lipinski definition) is 5. The van der Waals surface area contributed by atoms with Crippen LogP contribution in [-0.2, 0) is 4.79 Å². The van der Waals surface area contributed by atoms with Crippen LogP contribution in [-0.4, -0.2) is 34.6 Å². The Bertz CT molecular complexity index is 887. The maximum Gasteiger partial charge on any atom is 0.422 e. The monoisotopic (exact) mass is 410 g/mol. The molecule has 0 saturated heterocycles. The van der Waals surface area contributed by atoms with Crippen molar-refractivity contribution in [3.63, 3.8) is 0 Å². The van der Waals surface area contributed by atoms with E-state index in [2.05, 4.69) is 25.3 Å². The van der Waals surface area contributed by atoms with Crippen LogP contribution >= 0.6 is 0 Å². The maximum atomic E-state index is 12.6. The summed E-state index contributed by atoms with van der Waals surface area (Å²) in [7, 11) is 0. The SMILES string of the molecule is CCC(=O)Nc1cc(C(=O)NC(C)c2cccc(OCC(F)(F)F)n2)cc(C)n1. The number of pyridine rings is 2. The van der Waals surface area contributed by atoms with Gasteiger partial charge in [0.25, 0.3) is 5.91 Å². The highest BCUT2D eigenvalue weighted by atomic mass is 19.4. The molecule has 0 spiro atoms. The molecule has 1 unspecified atom stereocenters. The minimum atomic E-state index is -4.47. The van der Waals surface area contributed by atoms with Crippen molar-refractivity contribution in [1.82, 2.24) is 15.3 Å². The lowest BCUT2D eigenvalue weighted by atomic mass is 10.1. The summed E-state index contributed by atoms with van der Waals surface area (Å²) in [4.78, 5) is 32.3. The minimum absolute atomic E-state index is 0.190. The first-order valence-corrected chi connectivity index (χ1v) is 8.83. The normalized spacial score (nSPS) is 12.2. The van der Waals surface area contributed by atoms with E-state index in [0.717, 1.165) is 0 Å². The van der Waals surface area contributed by atoms with Crippen LogP contribution in [0.2, 0.25) is 0 Å². The Kier molecular flexibility index (Phi) is 7.13. The number of aryl methyl sites for hydroxylation is 1. The molecule has 0 radical (unpaired) electrons. The predicted octanol–water partition coefficient (Wildman–Crippen LogP) is 3.57. The Morgan fingerprint density at radius 3 is 2.59 bits per heavy atom. The van der Waals surface area contributed by atoms with Crippen molar-refractivity contribution in [1.29, 1.82) is 0 Å². The molecule has 29 heavy (non-hydrogen) atoms. The number of rotatable bonds is 7. The number of nitrogens with one attached hydrogen (secondary N) is 2. The zero-order chi connectivity index (χ0) is 21.6. The molecule has 0 aliphatic carbocycles. The number of carbonyl (C=O) groups is 2. The van der Waals surface area contributed by atoms with Crippen molar-refractivity contribution < 1.29 is 27.5 Å². The molecule has 0 saturated carbocycles. The van der Waals surface area contributed by atoms with Crippen molar-refractivity contribution in [3.8, 4) is 5.88 Å². The van der Waals surface area contributed by atoms with Crippen LogP contribution in [0.5, 0.6) is 5.88 Å². The summed E-state index contributed by atoms with van der Waals surface area (Å²) in [5, 5.41) is 5.31. The van der Waals surface area contributed by atoms with E-state index in [1.54, 1.807) is 32.9 Å². The van der Waals surface area contributed by atoms with Crippen molar-refractivity contribution in [3.05, 3.63) is 47.3 Å². The summed E-state index contributed by atoms with van der Waals surface area (Å²) in [5.74, 6) is -0.610. The van der Waals surface area contributed by atoms with Gasteiger partial charge < -0.3 is 15.4 Å². The van der Waals surface area contributed by atoms with Crippen molar-refractivity contribution in [2.24, 2.45) is 0 Å². The maximum absolute atomic E-state index is 12.6. The van der Waals surface area contributed by atoms with Crippen LogP contribution in [0.15, 0.2) is 30.3 Å². The van der Waals surface area contributed by atoms with Gasteiger partial charge in [-0.15, -0.1) is 0 Å². The second kappa shape index (κ2) is 9.35. The average Bonchev–Trinajstić information content (AvgIpc) is 2.65. The first-order chi connectivity index (χ1) is 13.6. The van der Waals surface area contributed by atoms with Gasteiger partial charge in [-0.2, -0.15) is 13.2 Å². The fraction of sp³-hybridized carbons (Fsp3) is 0.368. The molecule has 0 bridgehead atoms. The smallest absolute Gasteiger partial charge is 0.422 e. The van der Waals surface area contributed by atoms with E-state index in [0.29, 0.717) is 11.4 Å². The lowest BCUT2D eigenvalue weighted by Gasteiger charge is -2.16. The number of halogens is 3. The van der Waals surface area contributed by atoms with E-state index in [9.17, 15) is 22.8 Å². The van der Waals surface area contributed by atoms with Crippen LogP contribution in [0.25, 0.3) is 0 Å². The van der Waals surface area contributed by atoms with Crippen molar-refractivity contribution >= 4 is 17.6 Å². The molecule has 0 fully saturated rings. The summed E-state index contributed by atoms with van der Waals surface area (Å²) >= 11 is 0. The van der Waals surface area contributed by atoms with Gasteiger partial charge in [0.05, 0.1) is 11.7 Å². The van der Waals surface area contributed by atoms with E-state index in [1.165, 1.54) is 18.2 Å². The Hall–Kier alpha value is -3.17. The fourth-order valence-corrected chi connectivity index (χ4v) is 2.36. The van der Waals surface area contributed by atoms with Gasteiger partial charge in [0, 0.05) is 23.7 Å². The highest BCUT2D eigenvalue weighted by Crippen LogP contribution is 2.19. The molecule has 0 aromatic carbocycles. The van der Waals surface area contributed by atoms with Gasteiger partial charge in [0.15, 0.2) is 6.61 Å². The number of nitrogens with zero attached hydrogens (tertiary/aromatic N) is 2. The lowest BCUT2D eigenvalue weighted by Crippen LogP contribution is -2.28. The molecule has 0 aliphatic rings. The van der Waals surface area contributed by atoms with Crippen molar-refractivity contribution in [2.45, 2.75) is 39.4 Å². The molecule has 2 amide bonds. The van der Waals surface area contributed by atoms with E-state index < -0.39 is 24.7 Å². The molecule has 2 aromatic rings. The Morgan fingerprint density at radius 2 is 1.93 bits per heavy atom. The van der Waals surface area contributed by atoms with Gasteiger partial charge in [-0.3, -0.25) is 9.59 Å². The Balaban J connectivity index is 2.10. The first-order valence-electron chi connectivity index (χ1n) is 8.83. The molecule has 1 atom stereocenters. The summed E-state index contributed by atoms with van der Waals surface area (Å²) in [6.45, 7) is 3.57. The quantitative estimate of drug-likeness (QED) is 0.728. The summed E-state index contributed by atoms with van der Waals surface area (Å²) < 4.78 is 41.5. The highest BCUT2D eigenvalue weighted by Gasteiger charge is 2.28. The molecule has 2 N–H and O–H groups in total. The van der Waals surface area contributed by atoms with Gasteiger partial charge in [0.2, 0.25) is 11.8 Å². The van der Waals surface area contributed by atoms with Gasteiger partial charge in [0.1, 0.15) is 5.82 Å². The van der Waals surface area contributed by atoms with Crippen LogP contribution in [0.1, 0.15) is 48.1 Å². The van der Waals surface area contributed by atoms with Crippen LogP contribution in [0.3, 0.4) is 0 Å². The first kappa shape index (κ1) is 22.1. The number of carbonyl (C=O) groups excluding carboxylic acids is 2. The Morgan fingerprint density at radius 1 is 1.21 bits per heavy atom. The number of anilines is 1. The molecule has 156 valence electrons. The summed E-state index contributed by atoms with van der Waals surface area (Å²) in [5.41, 5.74) is 1.15. The van der Waals surface area contributed by atoms with E-state index in [1.807, 2.05) is 0 Å². The number of aromatic nitrogens is 2. The standard InChI is InChI=1S/C19H21F3N4O3/c1-4-16(27)26-15-9-13(8-11(2)23-15)18(28)24-12(3)14-6-5-7-17(25-14)29-10-19(20,21)22/h5-9,12H,4,10H2,1-3H3,(H,24,28)(H,23,26,27). The second-order valence-electron chi connectivity index (χ2n) is 6.28. The summed E-state index contributed by atoms with van der Waals surface area (Å²) in [6.07, 6.45) is -4.20. The van der Waals surface area contributed by atoms with Gasteiger partial charge in [-0.25, -0.2) is 9.97 Å². The molecule has 2 aromatic heterocycles. The predicted molar refractivity (Wildman–Crippen MR) is 99.6 cm³/mol. The minimum Gasteiger partial charge on any atom is -0.468 e. The average molecular weight is 410 g/mol. The zero-order valence-corrected chi connectivity index (χ0v) is 16.1. The zero-order valence-electron chi connectivity index (χ0n) is 16.1. The lowest BCUT2D eigenvalue weighted by molar-refractivity contribution is -0.154. The van der Waals surface area contributed by atoms with Crippen molar-refractivity contribution in [2.75, 3.05) is 11.9 Å². The van der Waals surface area contributed by atoms with Crippen LogP contribution in [0, 0.1) is 6.92 Å². The van der Waals surface area contributed by atoms with Gasteiger partial charge >= 0.3 is 6.18 Å². The molecule has 7 nitrogen and oxygen atoms in total.